The minimum Gasteiger partial charge on any atom is -0.493 e. The smallest absolute Gasteiger partial charge is 0.338 e. The topological polar surface area (TPSA) is 92.4 Å². The van der Waals surface area contributed by atoms with Crippen LogP contribution in [0.4, 0.5) is 10.5 Å². The molecule has 0 saturated carbocycles. The number of hydrogen-bond acceptors (Lipinski definition) is 7. The van der Waals surface area contributed by atoms with Crippen LogP contribution >= 0.6 is 0 Å². The highest BCUT2D eigenvalue weighted by Gasteiger charge is 2.35. The monoisotopic (exact) mass is 494 g/mol. The second-order valence-corrected chi connectivity index (χ2v) is 8.81. The Morgan fingerprint density at radius 2 is 1.75 bits per heavy atom. The first kappa shape index (κ1) is 25.4. The fraction of sp³-hybridized carbons (Fsp3) is 0.407. The number of aryl methyl sites for hydroxylation is 1. The van der Waals surface area contributed by atoms with E-state index >= 15 is 0 Å². The van der Waals surface area contributed by atoms with Gasteiger partial charge in [-0.25, -0.2) is 9.59 Å². The molecule has 192 valence electrons. The van der Waals surface area contributed by atoms with Gasteiger partial charge in [-0.05, 0) is 43.2 Å². The molecule has 0 aromatic heterocycles. The molecule has 2 aromatic rings. The Labute approximate surface area is 212 Å². The first-order valence-corrected chi connectivity index (χ1v) is 12.2. The molecule has 2 aliphatic heterocycles. The van der Waals surface area contributed by atoms with Crippen molar-refractivity contribution >= 4 is 17.7 Å². The maximum atomic E-state index is 13.1. The van der Waals surface area contributed by atoms with Gasteiger partial charge in [-0.3, -0.25) is 4.90 Å². The number of ether oxygens (including phenoxy) is 3. The normalized spacial score (nSPS) is 18.4. The van der Waals surface area contributed by atoms with E-state index in [0.717, 1.165) is 26.2 Å². The molecule has 36 heavy (non-hydrogen) atoms. The van der Waals surface area contributed by atoms with Gasteiger partial charge in [0.1, 0.15) is 0 Å². The summed E-state index contributed by atoms with van der Waals surface area (Å²) in [6, 6.07) is 12.7. The summed E-state index contributed by atoms with van der Waals surface area (Å²) in [5.41, 5.74) is 4.15. The molecule has 0 spiro atoms. The summed E-state index contributed by atoms with van der Waals surface area (Å²) >= 11 is 0. The first-order valence-electron chi connectivity index (χ1n) is 12.2. The van der Waals surface area contributed by atoms with E-state index in [4.69, 9.17) is 14.2 Å². The lowest BCUT2D eigenvalue weighted by Gasteiger charge is -2.38. The van der Waals surface area contributed by atoms with E-state index in [1.165, 1.54) is 11.3 Å². The van der Waals surface area contributed by atoms with Crippen LogP contribution in [0.3, 0.4) is 0 Å². The quantitative estimate of drug-likeness (QED) is 0.545. The molecule has 2 aromatic carbocycles. The molecule has 2 aliphatic rings. The lowest BCUT2D eigenvalue weighted by Crippen LogP contribution is -2.52. The minimum absolute atomic E-state index is 0.233. The van der Waals surface area contributed by atoms with Crippen molar-refractivity contribution in [3.8, 4) is 11.5 Å². The largest absolute Gasteiger partial charge is 0.493 e. The average Bonchev–Trinajstić information content (AvgIpc) is 2.89. The van der Waals surface area contributed by atoms with Crippen LogP contribution in [0.2, 0.25) is 0 Å². The fourth-order valence-electron chi connectivity index (χ4n) is 4.76. The lowest BCUT2D eigenvalue weighted by molar-refractivity contribution is -0.139. The first-order chi connectivity index (χ1) is 17.4. The van der Waals surface area contributed by atoms with Crippen molar-refractivity contribution in [2.75, 3.05) is 58.5 Å². The molecular weight excluding hydrogens is 460 g/mol. The third-order valence-electron chi connectivity index (χ3n) is 6.60. The Bertz CT molecular complexity index is 1140. The SMILES string of the molecule is CCOC(=O)C1=C(CN2CCN(c3ccccc3C)CC2)NC(=O)N[C@@H]1c1ccc(OC)c(OC)c1. The number of carbonyl (C=O) groups excluding carboxylic acids is 2. The molecule has 9 nitrogen and oxygen atoms in total. The van der Waals surface area contributed by atoms with Gasteiger partial charge in [0.15, 0.2) is 11.5 Å². The summed E-state index contributed by atoms with van der Waals surface area (Å²) in [5, 5.41) is 5.75. The van der Waals surface area contributed by atoms with Crippen molar-refractivity contribution in [3.63, 3.8) is 0 Å². The number of urea groups is 1. The Morgan fingerprint density at radius 1 is 1.03 bits per heavy atom. The van der Waals surface area contributed by atoms with Crippen LogP contribution in [-0.2, 0) is 9.53 Å². The zero-order valence-electron chi connectivity index (χ0n) is 21.3. The van der Waals surface area contributed by atoms with Gasteiger partial charge < -0.3 is 29.7 Å². The van der Waals surface area contributed by atoms with Gasteiger partial charge in [0.05, 0.1) is 32.4 Å². The van der Waals surface area contributed by atoms with E-state index in [-0.39, 0.29) is 12.6 Å². The predicted octanol–water partition coefficient (Wildman–Crippen LogP) is 3.01. The Balaban J connectivity index is 1.60. The molecular formula is C27H34N4O5. The number of carbonyl (C=O) groups is 2. The number of esters is 1. The molecule has 1 saturated heterocycles. The molecule has 2 heterocycles. The Hall–Kier alpha value is -3.72. The zero-order valence-corrected chi connectivity index (χ0v) is 21.3. The summed E-state index contributed by atoms with van der Waals surface area (Å²) in [4.78, 5) is 30.4. The van der Waals surface area contributed by atoms with Crippen molar-refractivity contribution < 1.29 is 23.8 Å². The van der Waals surface area contributed by atoms with E-state index in [1.807, 2.05) is 12.1 Å². The second kappa shape index (κ2) is 11.3. The number of anilines is 1. The molecule has 2 amide bonds. The average molecular weight is 495 g/mol. The van der Waals surface area contributed by atoms with Crippen LogP contribution in [-0.4, -0.2) is 70.5 Å². The molecule has 0 radical (unpaired) electrons. The van der Waals surface area contributed by atoms with E-state index in [1.54, 1.807) is 33.3 Å². The van der Waals surface area contributed by atoms with Gasteiger partial charge in [-0.15, -0.1) is 0 Å². The van der Waals surface area contributed by atoms with Crippen LogP contribution in [0.15, 0.2) is 53.7 Å². The molecule has 0 aliphatic carbocycles. The molecule has 9 heteroatoms. The summed E-state index contributed by atoms with van der Waals surface area (Å²) in [6.07, 6.45) is 0. The summed E-state index contributed by atoms with van der Waals surface area (Å²) in [5.74, 6) is 0.619. The van der Waals surface area contributed by atoms with Gasteiger partial charge in [0.25, 0.3) is 0 Å². The molecule has 0 bridgehead atoms. The number of rotatable bonds is 8. The molecule has 4 rings (SSSR count). The molecule has 0 unspecified atom stereocenters. The third kappa shape index (κ3) is 5.41. The zero-order chi connectivity index (χ0) is 25.7. The fourth-order valence-corrected chi connectivity index (χ4v) is 4.76. The highest BCUT2D eigenvalue weighted by molar-refractivity contribution is 5.95. The van der Waals surface area contributed by atoms with E-state index in [2.05, 4.69) is 45.6 Å². The number of nitrogens with zero attached hydrogens (tertiary/aromatic N) is 2. The maximum absolute atomic E-state index is 13.1. The van der Waals surface area contributed by atoms with Crippen molar-refractivity contribution in [1.29, 1.82) is 0 Å². The second-order valence-electron chi connectivity index (χ2n) is 8.81. The van der Waals surface area contributed by atoms with E-state index in [0.29, 0.717) is 34.9 Å². The van der Waals surface area contributed by atoms with Crippen molar-refractivity contribution in [2.45, 2.75) is 19.9 Å². The summed E-state index contributed by atoms with van der Waals surface area (Å²) in [7, 11) is 3.11. The third-order valence-corrected chi connectivity index (χ3v) is 6.60. The standard InChI is InChI=1S/C27H34N4O5/c1-5-36-26(32)24-20(17-30-12-14-31(15-13-30)21-9-7-6-8-18(21)2)28-27(33)29-25(24)19-10-11-22(34-3)23(16-19)35-4/h6-11,16,25H,5,12-15,17H2,1-4H3,(H2,28,29,33)/t25-/m1/s1. The Kier molecular flexibility index (Phi) is 8.00. The molecule has 1 atom stereocenters. The number of benzene rings is 2. The van der Waals surface area contributed by atoms with Crippen LogP contribution in [0, 0.1) is 6.92 Å². The number of para-hydroxylation sites is 1. The number of methoxy groups -OCH3 is 2. The number of hydrogen-bond donors (Lipinski definition) is 2. The van der Waals surface area contributed by atoms with Crippen molar-refractivity contribution in [3.05, 3.63) is 64.9 Å². The van der Waals surface area contributed by atoms with Crippen LogP contribution in [0.5, 0.6) is 11.5 Å². The van der Waals surface area contributed by atoms with Crippen LogP contribution < -0.4 is 25.0 Å². The van der Waals surface area contributed by atoms with Gasteiger partial charge >= 0.3 is 12.0 Å². The maximum Gasteiger partial charge on any atom is 0.338 e. The van der Waals surface area contributed by atoms with Crippen molar-refractivity contribution in [2.24, 2.45) is 0 Å². The molecule has 1 fully saturated rings. The van der Waals surface area contributed by atoms with Gasteiger partial charge in [0, 0.05) is 44.1 Å². The predicted molar refractivity (Wildman–Crippen MR) is 137 cm³/mol. The van der Waals surface area contributed by atoms with Crippen molar-refractivity contribution in [1.82, 2.24) is 15.5 Å². The van der Waals surface area contributed by atoms with E-state index in [9.17, 15) is 9.59 Å². The molecule has 2 N–H and O–H groups in total. The van der Waals surface area contributed by atoms with Gasteiger partial charge in [0.2, 0.25) is 0 Å². The Morgan fingerprint density at radius 3 is 2.42 bits per heavy atom. The highest BCUT2D eigenvalue weighted by Crippen LogP contribution is 2.34. The van der Waals surface area contributed by atoms with Gasteiger partial charge in [-0.2, -0.15) is 0 Å². The van der Waals surface area contributed by atoms with Crippen LogP contribution in [0.25, 0.3) is 0 Å². The number of amides is 2. The highest BCUT2D eigenvalue weighted by atomic mass is 16.5. The van der Waals surface area contributed by atoms with Crippen LogP contribution in [0.1, 0.15) is 24.1 Å². The summed E-state index contributed by atoms with van der Waals surface area (Å²) in [6.45, 7) is 7.89. The lowest BCUT2D eigenvalue weighted by atomic mass is 9.94. The number of nitrogens with one attached hydrogen (secondary N) is 2. The minimum atomic E-state index is -0.680. The summed E-state index contributed by atoms with van der Waals surface area (Å²) < 4.78 is 16.2. The number of piperazine rings is 1. The van der Waals surface area contributed by atoms with Gasteiger partial charge in [-0.1, -0.05) is 24.3 Å². The van der Waals surface area contributed by atoms with E-state index < -0.39 is 12.0 Å².